The van der Waals surface area contributed by atoms with E-state index in [2.05, 4.69) is 20.8 Å². The Morgan fingerprint density at radius 2 is 2.30 bits per heavy atom. The molecule has 1 aliphatic heterocycles. The Labute approximate surface area is 127 Å². The van der Waals surface area contributed by atoms with Crippen molar-refractivity contribution >= 4 is 21.9 Å². The molecule has 0 aliphatic carbocycles. The number of hydrogen-bond acceptors (Lipinski definition) is 3. The van der Waals surface area contributed by atoms with Crippen LogP contribution in [0.5, 0.6) is 5.75 Å². The van der Waals surface area contributed by atoms with Crippen molar-refractivity contribution in [3.05, 3.63) is 28.2 Å². The quantitative estimate of drug-likeness (QED) is 0.913. The zero-order valence-corrected chi connectivity index (χ0v) is 13.4. The van der Waals surface area contributed by atoms with Crippen molar-refractivity contribution < 1.29 is 14.6 Å². The number of nitrogens with zero attached hydrogens (tertiary/aromatic N) is 1. The van der Waals surface area contributed by atoms with E-state index >= 15 is 0 Å². The van der Waals surface area contributed by atoms with Crippen LogP contribution in [-0.2, 0) is 11.3 Å². The van der Waals surface area contributed by atoms with Crippen LogP contribution in [0.2, 0.25) is 0 Å². The number of piperidine rings is 1. The lowest BCUT2D eigenvalue weighted by atomic mass is 9.90. The molecular formula is C15H20BrNO3. The van der Waals surface area contributed by atoms with Gasteiger partial charge in [0.1, 0.15) is 5.75 Å². The molecule has 0 saturated carbocycles. The molecule has 1 heterocycles. The molecule has 5 heteroatoms. The number of hydrogen-bond donors (Lipinski definition) is 1. The number of carbonyl (C=O) groups is 1. The Morgan fingerprint density at radius 3 is 2.90 bits per heavy atom. The summed E-state index contributed by atoms with van der Waals surface area (Å²) in [5.74, 6) is -0.132. The molecule has 2 atom stereocenters. The SMILES string of the molecule is COc1ccc(CN2CCC[C@H](C(=O)O)[C@@H]2C)c(Br)c1. The van der Waals surface area contributed by atoms with Gasteiger partial charge >= 0.3 is 5.97 Å². The van der Waals surface area contributed by atoms with E-state index in [1.165, 1.54) is 0 Å². The summed E-state index contributed by atoms with van der Waals surface area (Å²) >= 11 is 3.56. The molecule has 1 aromatic rings. The fraction of sp³-hybridized carbons (Fsp3) is 0.533. The molecular weight excluding hydrogens is 322 g/mol. The Hall–Kier alpha value is -1.07. The molecule has 0 spiro atoms. The normalized spacial score (nSPS) is 23.6. The number of aliphatic carboxylic acids is 1. The summed E-state index contributed by atoms with van der Waals surface area (Å²) < 4.78 is 6.19. The summed E-state index contributed by atoms with van der Waals surface area (Å²) in [5, 5.41) is 9.26. The predicted molar refractivity (Wildman–Crippen MR) is 80.9 cm³/mol. The highest BCUT2D eigenvalue weighted by atomic mass is 79.9. The number of ether oxygens (including phenoxy) is 1. The van der Waals surface area contributed by atoms with E-state index in [0.717, 1.165) is 41.7 Å². The van der Waals surface area contributed by atoms with Gasteiger partial charge in [-0.15, -0.1) is 0 Å². The number of likely N-dealkylation sites (tertiary alicyclic amines) is 1. The first kappa shape index (κ1) is 15.3. The van der Waals surface area contributed by atoms with Crippen LogP contribution in [0.25, 0.3) is 0 Å². The summed E-state index contributed by atoms with van der Waals surface area (Å²) in [6, 6.07) is 5.97. The van der Waals surface area contributed by atoms with E-state index < -0.39 is 5.97 Å². The van der Waals surface area contributed by atoms with Crippen LogP contribution < -0.4 is 4.74 Å². The van der Waals surface area contributed by atoms with Crippen molar-refractivity contribution in [2.24, 2.45) is 5.92 Å². The average Bonchev–Trinajstić information content (AvgIpc) is 2.42. The minimum atomic E-state index is -0.684. The lowest BCUT2D eigenvalue weighted by Crippen LogP contribution is -2.45. The van der Waals surface area contributed by atoms with Gasteiger partial charge in [0.25, 0.3) is 0 Å². The van der Waals surface area contributed by atoms with Crippen LogP contribution in [0.3, 0.4) is 0 Å². The minimum Gasteiger partial charge on any atom is -0.497 e. The standard InChI is InChI=1S/C15H20BrNO3/c1-10-13(15(18)19)4-3-7-17(10)9-11-5-6-12(20-2)8-14(11)16/h5-6,8,10,13H,3-4,7,9H2,1-2H3,(H,18,19)/t10-,13-/m0/s1. The van der Waals surface area contributed by atoms with E-state index in [4.69, 9.17) is 4.74 Å². The van der Waals surface area contributed by atoms with Gasteiger partial charge in [0.15, 0.2) is 0 Å². The molecule has 0 radical (unpaired) electrons. The van der Waals surface area contributed by atoms with E-state index in [0.29, 0.717) is 0 Å². The van der Waals surface area contributed by atoms with Crippen molar-refractivity contribution in [3.8, 4) is 5.75 Å². The molecule has 1 aliphatic rings. The number of methoxy groups -OCH3 is 1. The topological polar surface area (TPSA) is 49.8 Å². The van der Waals surface area contributed by atoms with Gasteiger partial charge in [-0.05, 0) is 44.0 Å². The highest BCUT2D eigenvalue weighted by Gasteiger charge is 2.32. The molecule has 110 valence electrons. The predicted octanol–water partition coefficient (Wildman–Crippen LogP) is 3.14. The molecule has 4 nitrogen and oxygen atoms in total. The molecule has 0 aromatic heterocycles. The average molecular weight is 342 g/mol. The number of carboxylic acids is 1. The molecule has 2 rings (SSSR count). The highest BCUT2D eigenvalue weighted by molar-refractivity contribution is 9.10. The summed E-state index contributed by atoms with van der Waals surface area (Å²) in [7, 11) is 1.64. The van der Waals surface area contributed by atoms with Gasteiger partial charge in [-0.3, -0.25) is 9.69 Å². The Kier molecular flexibility index (Phi) is 5.05. The third kappa shape index (κ3) is 3.33. The van der Waals surface area contributed by atoms with Crippen LogP contribution in [-0.4, -0.2) is 35.7 Å². The summed E-state index contributed by atoms with van der Waals surface area (Å²) in [5.41, 5.74) is 1.16. The monoisotopic (exact) mass is 341 g/mol. The van der Waals surface area contributed by atoms with Gasteiger partial charge < -0.3 is 9.84 Å². The van der Waals surface area contributed by atoms with Crippen LogP contribution in [0.4, 0.5) is 0 Å². The first-order valence-corrected chi connectivity index (χ1v) is 7.61. The van der Waals surface area contributed by atoms with Crippen LogP contribution >= 0.6 is 15.9 Å². The maximum atomic E-state index is 11.3. The van der Waals surface area contributed by atoms with E-state index in [-0.39, 0.29) is 12.0 Å². The fourth-order valence-corrected chi connectivity index (χ4v) is 3.25. The lowest BCUT2D eigenvalue weighted by molar-refractivity contribution is -0.145. The maximum absolute atomic E-state index is 11.3. The Balaban J connectivity index is 2.11. The Bertz CT molecular complexity index is 492. The van der Waals surface area contributed by atoms with Gasteiger partial charge in [-0.2, -0.15) is 0 Å². The number of benzene rings is 1. The third-order valence-electron chi connectivity index (χ3n) is 4.07. The Morgan fingerprint density at radius 1 is 1.55 bits per heavy atom. The van der Waals surface area contributed by atoms with Gasteiger partial charge in [0, 0.05) is 17.1 Å². The zero-order chi connectivity index (χ0) is 14.7. The molecule has 20 heavy (non-hydrogen) atoms. The number of halogens is 1. The smallest absolute Gasteiger partial charge is 0.308 e. The van der Waals surface area contributed by atoms with Crippen LogP contribution in [0.15, 0.2) is 22.7 Å². The summed E-state index contributed by atoms with van der Waals surface area (Å²) in [6.45, 7) is 3.72. The molecule has 1 saturated heterocycles. The zero-order valence-electron chi connectivity index (χ0n) is 11.8. The van der Waals surface area contributed by atoms with Crippen LogP contribution in [0, 0.1) is 5.92 Å². The number of rotatable bonds is 4. The van der Waals surface area contributed by atoms with Crippen LogP contribution in [0.1, 0.15) is 25.3 Å². The first-order chi connectivity index (χ1) is 9.52. The van der Waals surface area contributed by atoms with Crippen molar-refractivity contribution in [2.45, 2.75) is 32.4 Å². The number of carboxylic acid groups (broad SMARTS) is 1. The highest BCUT2D eigenvalue weighted by Crippen LogP contribution is 2.29. The third-order valence-corrected chi connectivity index (χ3v) is 4.81. The van der Waals surface area contributed by atoms with E-state index in [1.807, 2.05) is 25.1 Å². The second-order valence-corrected chi connectivity index (χ2v) is 6.11. The molecule has 0 bridgehead atoms. The molecule has 0 amide bonds. The van der Waals surface area contributed by atoms with Gasteiger partial charge in [0.05, 0.1) is 13.0 Å². The van der Waals surface area contributed by atoms with Crippen molar-refractivity contribution in [1.29, 1.82) is 0 Å². The molecule has 1 N–H and O–H groups in total. The van der Waals surface area contributed by atoms with Gasteiger partial charge in [-0.25, -0.2) is 0 Å². The van der Waals surface area contributed by atoms with E-state index in [9.17, 15) is 9.90 Å². The van der Waals surface area contributed by atoms with Gasteiger partial charge in [-0.1, -0.05) is 22.0 Å². The summed E-state index contributed by atoms with van der Waals surface area (Å²) in [4.78, 5) is 13.5. The van der Waals surface area contributed by atoms with Gasteiger partial charge in [0.2, 0.25) is 0 Å². The lowest BCUT2D eigenvalue weighted by Gasteiger charge is -2.37. The first-order valence-electron chi connectivity index (χ1n) is 6.82. The molecule has 0 unspecified atom stereocenters. The summed E-state index contributed by atoms with van der Waals surface area (Å²) in [6.07, 6.45) is 1.71. The second-order valence-electron chi connectivity index (χ2n) is 5.26. The molecule has 1 fully saturated rings. The molecule has 1 aromatic carbocycles. The van der Waals surface area contributed by atoms with E-state index in [1.54, 1.807) is 7.11 Å². The second kappa shape index (κ2) is 6.59. The maximum Gasteiger partial charge on any atom is 0.308 e. The van der Waals surface area contributed by atoms with Crippen molar-refractivity contribution in [1.82, 2.24) is 4.90 Å². The minimum absolute atomic E-state index is 0.0650. The van der Waals surface area contributed by atoms with Crippen molar-refractivity contribution in [2.75, 3.05) is 13.7 Å². The fourth-order valence-electron chi connectivity index (χ4n) is 2.77. The van der Waals surface area contributed by atoms with Crippen molar-refractivity contribution in [3.63, 3.8) is 0 Å². The largest absolute Gasteiger partial charge is 0.497 e.